The zero-order valence-corrected chi connectivity index (χ0v) is 6.65. The highest BCUT2D eigenvalue weighted by Gasteiger charge is 2.16. The Bertz CT molecular complexity index is 141. The molecule has 1 saturated heterocycles. The minimum atomic E-state index is -0.777. The molecule has 5 nitrogen and oxygen atoms in total. The standard InChI is InChI=1S/C7H11O5/c1-9-7(8)12-4-6-2-10-5-11-3-6/h6H,1-5H2. The van der Waals surface area contributed by atoms with Crippen molar-refractivity contribution in [2.75, 3.05) is 26.6 Å². The van der Waals surface area contributed by atoms with Crippen LogP contribution in [-0.2, 0) is 18.9 Å². The minimum Gasteiger partial charge on any atom is -0.434 e. The van der Waals surface area contributed by atoms with Gasteiger partial charge in [0.25, 0.3) is 0 Å². The van der Waals surface area contributed by atoms with Crippen LogP contribution < -0.4 is 0 Å². The van der Waals surface area contributed by atoms with Crippen molar-refractivity contribution in [3.8, 4) is 0 Å². The monoisotopic (exact) mass is 175 g/mol. The zero-order chi connectivity index (χ0) is 8.81. The van der Waals surface area contributed by atoms with Gasteiger partial charge in [0.15, 0.2) is 0 Å². The molecule has 1 aliphatic heterocycles. The third-order valence-electron chi connectivity index (χ3n) is 1.43. The molecule has 0 saturated carbocycles. The number of hydrogen-bond donors (Lipinski definition) is 0. The highest BCUT2D eigenvalue weighted by Crippen LogP contribution is 2.05. The third kappa shape index (κ3) is 3.06. The summed E-state index contributed by atoms with van der Waals surface area (Å²) in [5.74, 6) is 0.0952. The van der Waals surface area contributed by atoms with Crippen LogP contribution in [0.3, 0.4) is 0 Å². The summed E-state index contributed by atoms with van der Waals surface area (Å²) in [5.41, 5.74) is 0. The van der Waals surface area contributed by atoms with E-state index in [4.69, 9.17) is 9.47 Å². The zero-order valence-electron chi connectivity index (χ0n) is 6.65. The number of carbonyl (C=O) groups excluding carboxylic acids is 1. The van der Waals surface area contributed by atoms with Gasteiger partial charge in [-0.15, -0.1) is 0 Å². The molecule has 5 heteroatoms. The van der Waals surface area contributed by atoms with Gasteiger partial charge in [0.2, 0.25) is 0 Å². The number of carbonyl (C=O) groups is 1. The van der Waals surface area contributed by atoms with Crippen LogP contribution in [0.2, 0.25) is 0 Å². The van der Waals surface area contributed by atoms with E-state index < -0.39 is 6.16 Å². The summed E-state index contributed by atoms with van der Waals surface area (Å²) < 4.78 is 18.7. The smallest absolute Gasteiger partial charge is 0.434 e. The second kappa shape index (κ2) is 4.95. The van der Waals surface area contributed by atoms with Crippen LogP contribution in [-0.4, -0.2) is 32.8 Å². The Morgan fingerprint density at radius 1 is 1.50 bits per heavy atom. The topological polar surface area (TPSA) is 54.0 Å². The second-order valence-electron chi connectivity index (χ2n) is 2.43. The molecule has 0 amide bonds. The van der Waals surface area contributed by atoms with Gasteiger partial charge in [0, 0.05) is 5.92 Å². The van der Waals surface area contributed by atoms with Crippen LogP contribution in [0.4, 0.5) is 4.79 Å². The van der Waals surface area contributed by atoms with E-state index >= 15 is 0 Å². The van der Waals surface area contributed by atoms with E-state index in [2.05, 4.69) is 16.6 Å². The summed E-state index contributed by atoms with van der Waals surface area (Å²) in [6, 6.07) is 0. The lowest BCUT2D eigenvalue weighted by molar-refractivity contribution is -0.135. The fourth-order valence-electron chi connectivity index (χ4n) is 0.860. The van der Waals surface area contributed by atoms with Gasteiger partial charge in [-0.2, -0.15) is 0 Å². The molecule has 1 fully saturated rings. The van der Waals surface area contributed by atoms with Crippen molar-refractivity contribution in [1.82, 2.24) is 0 Å². The van der Waals surface area contributed by atoms with E-state index in [9.17, 15) is 4.79 Å². The highest BCUT2D eigenvalue weighted by atomic mass is 16.7. The molecule has 0 aromatic heterocycles. The van der Waals surface area contributed by atoms with Gasteiger partial charge >= 0.3 is 6.16 Å². The summed E-state index contributed by atoms with van der Waals surface area (Å²) in [4.78, 5) is 10.5. The van der Waals surface area contributed by atoms with E-state index in [-0.39, 0.29) is 12.5 Å². The molecular formula is C7H11O5. The number of hydrogen-bond acceptors (Lipinski definition) is 5. The molecule has 0 aromatic rings. The van der Waals surface area contributed by atoms with Crippen molar-refractivity contribution in [2.45, 2.75) is 0 Å². The molecule has 0 unspecified atom stereocenters. The van der Waals surface area contributed by atoms with Crippen molar-refractivity contribution in [2.24, 2.45) is 5.92 Å². The van der Waals surface area contributed by atoms with Gasteiger partial charge < -0.3 is 18.9 Å². The average molecular weight is 175 g/mol. The Labute approximate surface area is 70.5 Å². The lowest BCUT2D eigenvalue weighted by atomic mass is 10.2. The van der Waals surface area contributed by atoms with Gasteiger partial charge in [0.05, 0.1) is 13.2 Å². The van der Waals surface area contributed by atoms with Gasteiger partial charge in [-0.05, 0) is 0 Å². The summed E-state index contributed by atoms with van der Waals surface area (Å²) in [5, 5.41) is 0. The first-order valence-electron chi connectivity index (χ1n) is 3.57. The summed E-state index contributed by atoms with van der Waals surface area (Å²) in [6.45, 7) is 1.65. The first-order chi connectivity index (χ1) is 5.83. The molecule has 0 aliphatic carbocycles. The molecule has 1 heterocycles. The van der Waals surface area contributed by atoms with Crippen molar-refractivity contribution >= 4 is 6.16 Å². The quantitative estimate of drug-likeness (QED) is 0.574. The first kappa shape index (κ1) is 9.28. The van der Waals surface area contributed by atoms with Gasteiger partial charge in [-0.25, -0.2) is 4.79 Å². The maximum absolute atomic E-state index is 10.5. The Hall–Kier alpha value is -0.810. The number of rotatable bonds is 2. The van der Waals surface area contributed by atoms with Crippen LogP contribution in [0.15, 0.2) is 0 Å². The maximum atomic E-state index is 10.5. The first-order valence-corrected chi connectivity index (χ1v) is 3.57. The van der Waals surface area contributed by atoms with Crippen molar-refractivity contribution < 1.29 is 23.7 Å². The van der Waals surface area contributed by atoms with Crippen LogP contribution in [0.1, 0.15) is 0 Å². The fourth-order valence-corrected chi connectivity index (χ4v) is 0.860. The van der Waals surface area contributed by atoms with Crippen molar-refractivity contribution in [3.05, 3.63) is 7.11 Å². The normalized spacial score (nSPS) is 18.8. The van der Waals surface area contributed by atoms with E-state index in [0.717, 1.165) is 0 Å². The molecule has 0 atom stereocenters. The lowest BCUT2D eigenvalue weighted by Crippen LogP contribution is -2.28. The molecule has 69 valence electrons. The largest absolute Gasteiger partial charge is 0.508 e. The van der Waals surface area contributed by atoms with Crippen molar-refractivity contribution in [1.29, 1.82) is 0 Å². The SMILES string of the molecule is [CH2]OC(=O)OCC1COCOC1. The Balaban J connectivity index is 2.09. The van der Waals surface area contributed by atoms with E-state index in [0.29, 0.717) is 20.0 Å². The van der Waals surface area contributed by atoms with Gasteiger partial charge in [-0.1, -0.05) is 0 Å². The summed E-state index contributed by atoms with van der Waals surface area (Å²) in [7, 11) is 2.91. The predicted molar refractivity (Wildman–Crippen MR) is 38.1 cm³/mol. The average Bonchev–Trinajstić information content (AvgIpc) is 2.16. The van der Waals surface area contributed by atoms with Gasteiger partial charge in [-0.3, -0.25) is 0 Å². The van der Waals surface area contributed by atoms with E-state index in [1.165, 1.54) is 0 Å². The molecule has 0 spiro atoms. The molecule has 1 rings (SSSR count). The van der Waals surface area contributed by atoms with Crippen LogP contribution in [0, 0.1) is 13.0 Å². The molecular weight excluding hydrogens is 164 g/mol. The lowest BCUT2D eigenvalue weighted by Gasteiger charge is -2.21. The third-order valence-corrected chi connectivity index (χ3v) is 1.43. The second-order valence-corrected chi connectivity index (χ2v) is 2.43. The van der Waals surface area contributed by atoms with Crippen molar-refractivity contribution in [3.63, 3.8) is 0 Å². The number of ether oxygens (including phenoxy) is 4. The Morgan fingerprint density at radius 2 is 2.17 bits per heavy atom. The van der Waals surface area contributed by atoms with E-state index in [1.54, 1.807) is 0 Å². The molecule has 12 heavy (non-hydrogen) atoms. The van der Waals surface area contributed by atoms with Crippen LogP contribution >= 0.6 is 0 Å². The predicted octanol–water partition coefficient (Wildman–Crippen LogP) is 0.552. The fraction of sp³-hybridized carbons (Fsp3) is 0.714. The van der Waals surface area contributed by atoms with Crippen LogP contribution in [0.5, 0.6) is 0 Å². The van der Waals surface area contributed by atoms with E-state index in [1.807, 2.05) is 0 Å². The Morgan fingerprint density at radius 3 is 2.75 bits per heavy atom. The molecule has 1 aliphatic rings. The summed E-state index contributed by atoms with van der Waals surface area (Å²) in [6.07, 6.45) is -0.777. The molecule has 0 N–H and O–H groups in total. The molecule has 1 radical (unpaired) electrons. The highest BCUT2D eigenvalue weighted by molar-refractivity contribution is 5.59. The summed E-state index contributed by atoms with van der Waals surface area (Å²) >= 11 is 0. The van der Waals surface area contributed by atoms with Crippen LogP contribution in [0.25, 0.3) is 0 Å². The molecule has 0 aromatic carbocycles. The molecule has 0 bridgehead atoms. The maximum Gasteiger partial charge on any atom is 0.508 e. The van der Waals surface area contributed by atoms with Gasteiger partial charge in [0.1, 0.15) is 20.5 Å². The minimum absolute atomic E-state index is 0.0952. The Kier molecular flexibility index (Phi) is 3.83.